The molecule has 0 aliphatic carbocycles. The highest BCUT2D eigenvalue weighted by atomic mass is 15.2. The van der Waals surface area contributed by atoms with E-state index < -0.39 is 0 Å². The summed E-state index contributed by atoms with van der Waals surface area (Å²) >= 11 is 0. The Morgan fingerprint density at radius 2 is 1.83 bits per heavy atom. The van der Waals surface area contributed by atoms with E-state index in [0.29, 0.717) is 0 Å². The molecule has 12 heavy (non-hydrogen) atoms. The van der Waals surface area contributed by atoms with Crippen molar-refractivity contribution < 1.29 is 0 Å². The molecule has 62 valence electrons. The normalized spacial score (nSPS) is 10.9. The van der Waals surface area contributed by atoms with Crippen LogP contribution in [0.4, 0.5) is 0 Å². The monoisotopic (exact) mass is 160 g/mol. The zero-order valence-corrected chi connectivity index (χ0v) is 7.63. The SMILES string of the molecule is Cc1ccc(C)c2nn(C)cc12. The molecule has 0 atom stereocenters. The molecule has 0 aliphatic rings. The first-order valence-corrected chi connectivity index (χ1v) is 4.08. The van der Waals surface area contributed by atoms with Gasteiger partial charge in [-0.05, 0) is 25.0 Å². The maximum absolute atomic E-state index is 4.39. The van der Waals surface area contributed by atoms with Gasteiger partial charge in [0.1, 0.15) is 0 Å². The molecule has 2 rings (SSSR count). The van der Waals surface area contributed by atoms with E-state index in [0.717, 1.165) is 5.52 Å². The van der Waals surface area contributed by atoms with Crippen molar-refractivity contribution in [2.45, 2.75) is 13.8 Å². The van der Waals surface area contributed by atoms with Crippen LogP contribution in [0, 0.1) is 13.8 Å². The molecule has 2 aromatic rings. The van der Waals surface area contributed by atoms with Crippen LogP contribution in [0.2, 0.25) is 0 Å². The van der Waals surface area contributed by atoms with Crippen molar-refractivity contribution in [3.05, 3.63) is 29.5 Å². The lowest BCUT2D eigenvalue weighted by atomic mass is 10.1. The standard InChI is InChI=1S/C10H12N2/c1-7-4-5-8(2)10-9(7)6-12(3)11-10/h4-6H,1-3H3. The van der Waals surface area contributed by atoms with Crippen LogP contribution in [-0.4, -0.2) is 9.78 Å². The van der Waals surface area contributed by atoms with Gasteiger partial charge in [0.05, 0.1) is 5.52 Å². The maximum atomic E-state index is 4.39. The van der Waals surface area contributed by atoms with Crippen LogP contribution in [-0.2, 0) is 7.05 Å². The third-order valence-corrected chi connectivity index (χ3v) is 2.21. The zero-order valence-electron chi connectivity index (χ0n) is 7.63. The van der Waals surface area contributed by atoms with Crippen molar-refractivity contribution in [1.82, 2.24) is 9.78 Å². The average Bonchev–Trinajstić information content (AvgIpc) is 2.41. The molecule has 1 aromatic heterocycles. The minimum Gasteiger partial charge on any atom is -0.275 e. The number of hydrogen-bond donors (Lipinski definition) is 0. The summed E-state index contributed by atoms with van der Waals surface area (Å²) in [5.41, 5.74) is 3.66. The Balaban J connectivity index is 2.93. The molecule has 0 fully saturated rings. The summed E-state index contributed by atoms with van der Waals surface area (Å²) < 4.78 is 1.87. The number of hydrogen-bond acceptors (Lipinski definition) is 1. The van der Waals surface area contributed by atoms with Gasteiger partial charge in [0.25, 0.3) is 0 Å². The van der Waals surface area contributed by atoms with Gasteiger partial charge in [-0.15, -0.1) is 0 Å². The third kappa shape index (κ3) is 0.916. The van der Waals surface area contributed by atoms with E-state index in [9.17, 15) is 0 Å². The van der Waals surface area contributed by atoms with Gasteiger partial charge in [0.15, 0.2) is 0 Å². The molecule has 0 amide bonds. The second-order valence-corrected chi connectivity index (χ2v) is 3.26. The Morgan fingerprint density at radius 1 is 1.17 bits per heavy atom. The largest absolute Gasteiger partial charge is 0.275 e. The van der Waals surface area contributed by atoms with Gasteiger partial charge in [-0.3, -0.25) is 4.68 Å². The molecular weight excluding hydrogens is 148 g/mol. The Bertz CT molecular complexity index is 388. The number of aryl methyl sites for hydroxylation is 3. The van der Waals surface area contributed by atoms with Gasteiger partial charge < -0.3 is 0 Å². The number of rotatable bonds is 0. The van der Waals surface area contributed by atoms with Crippen LogP contribution in [0.25, 0.3) is 10.9 Å². The molecule has 2 nitrogen and oxygen atoms in total. The predicted molar refractivity (Wildman–Crippen MR) is 50.2 cm³/mol. The second kappa shape index (κ2) is 2.34. The lowest BCUT2D eigenvalue weighted by Gasteiger charge is -1.96. The fourth-order valence-electron chi connectivity index (χ4n) is 1.49. The number of benzene rings is 1. The number of aromatic nitrogens is 2. The molecule has 0 spiro atoms. The first-order valence-electron chi connectivity index (χ1n) is 4.08. The maximum Gasteiger partial charge on any atom is 0.0954 e. The summed E-state index contributed by atoms with van der Waals surface area (Å²) in [5.74, 6) is 0. The zero-order chi connectivity index (χ0) is 8.72. The first kappa shape index (κ1) is 7.35. The Labute approximate surface area is 71.8 Å². The minimum absolute atomic E-state index is 1.12. The van der Waals surface area contributed by atoms with Gasteiger partial charge in [-0.1, -0.05) is 12.1 Å². The summed E-state index contributed by atoms with van der Waals surface area (Å²) in [6.07, 6.45) is 2.07. The topological polar surface area (TPSA) is 17.8 Å². The third-order valence-electron chi connectivity index (χ3n) is 2.21. The van der Waals surface area contributed by atoms with Crippen LogP contribution in [0.3, 0.4) is 0 Å². The molecule has 0 aliphatic heterocycles. The highest BCUT2D eigenvalue weighted by Crippen LogP contribution is 2.19. The fourth-order valence-corrected chi connectivity index (χ4v) is 1.49. The molecule has 0 radical (unpaired) electrons. The van der Waals surface area contributed by atoms with Crippen molar-refractivity contribution >= 4 is 10.9 Å². The van der Waals surface area contributed by atoms with Crippen LogP contribution >= 0.6 is 0 Å². The highest BCUT2D eigenvalue weighted by molar-refractivity contribution is 5.84. The summed E-state index contributed by atoms with van der Waals surface area (Å²) in [5, 5.41) is 5.65. The van der Waals surface area contributed by atoms with E-state index in [2.05, 4.69) is 37.3 Å². The fraction of sp³-hybridized carbons (Fsp3) is 0.300. The highest BCUT2D eigenvalue weighted by Gasteiger charge is 2.03. The quantitative estimate of drug-likeness (QED) is 0.577. The summed E-state index contributed by atoms with van der Waals surface area (Å²) in [6, 6.07) is 4.25. The lowest BCUT2D eigenvalue weighted by Crippen LogP contribution is -1.85. The van der Waals surface area contributed by atoms with Crippen LogP contribution in [0.1, 0.15) is 11.1 Å². The van der Waals surface area contributed by atoms with Crippen molar-refractivity contribution in [3.63, 3.8) is 0 Å². The summed E-state index contributed by atoms with van der Waals surface area (Å²) in [7, 11) is 1.96. The first-order chi connectivity index (χ1) is 5.68. The van der Waals surface area contributed by atoms with Crippen molar-refractivity contribution in [3.8, 4) is 0 Å². The van der Waals surface area contributed by atoms with E-state index >= 15 is 0 Å². The van der Waals surface area contributed by atoms with Crippen molar-refractivity contribution in [2.75, 3.05) is 0 Å². The van der Waals surface area contributed by atoms with Gasteiger partial charge in [0.2, 0.25) is 0 Å². The van der Waals surface area contributed by atoms with E-state index in [-0.39, 0.29) is 0 Å². The number of nitrogens with zero attached hydrogens (tertiary/aromatic N) is 2. The summed E-state index contributed by atoms with van der Waals surface area (Å²) in [4.78, 5) is 0. The molecule has 0 saturated heterocycles. The molecular formula is C10H12N2. The van der Waals surface area contributed by atoms with Gasteiger partial charge in [0, 0.05) is 18.6 Å². The van der Waals surface area contributed by atoms with Gasteiger partial charge in [-0.2, -0.15) is 5.10 Å². The molecule has 1 aromatic carbocycles. The molecule has 0 N–H and O–H groups in total. The summed E-state index contributed by atoms with van der Waals surface area (Å²) in [6.45, 7) is 4.21. The van der Waals surface area contributed by atoms with Crippen molar-refractivity contribution in [1.29, 1.82) is 0 Å². The Kier molecular flexibility index (Phi) is 1.43. The lowest BCUT2D eigenvalue weighted by molar-refractivity contribution is 0.779. The minimum atomic E-state index is 1.12. The van der Waals surface area contributed by atoms with Crippen LogP contribution < -0.4 is 0 Å². The van der Waals surface area contributed by atoms with E-state index in [1.54, 1.807) is 0 Å². The Morgan fingerprint density at radius 3 is 2.50 bits per heavy atom. The molecule has 1 heterocycles. The van der Waals surface area contributed by atoms with Crippen LogP contribution in [0.5, 0.6) is 0 Å². The second-order valence-electron chi connectivity index (χ2n) is 3.26. The molecule has 0 bridgehead atoms. The molecule has 2 heteroatoms. The van der Waals surface area contributed by atoms with Gasteiger partial charge in [-0.25, -0.2) is 0 Å². The molecule has 0 unspecified atom stereocenters. The van der Waals surface area contributed by atoms with E-state index in [4.69, 9.17) is 0 Å². The smallest absolute Gasteiger partial charge is 0.0954 e. The predicted octanol–water partition coefficient (Wildman–Crippen LogP) is 2.19. The number of fused-ring (bicyclic) bond motifs is 1. The van der Waals surface area contributed by atoms with E-state index in [1.807, 2.05) is 11.7 Å². The van der Waals surface area contributed by atoms with E-state index in [1.165, 1.54) is 16.5 Å². The Hall–Kier alpha value is -1.31. The van der Waals surface area contributed by atoms with Crippen molar-refractivity contribution in [2.24, 2.45) is 7.05 Å². The molecule has 0 saturated carbocycles. The average molecular weight is 160 g/mol. The van der Waals surface area contributed by atoms with Crippen LogP contribution in [0.15, 0.2) is 18.3 Å². The van der Waals surface area contributed by atoms with Gasteiger partial charge >= 0.3 is 0 Å².